The van der Waals surface area contributed by atoms with E-state index >= 15 is 0 Å². The molecule has 4 heteroatoms. The summed E-state index contributed by atoms with van der Waals surface area (Å²) in [6.45, 7) is 1.68. The molecule has 0 saturated heterocycles. The molecule has 1 aliphatic heterocycles. The Hall–Kier alpha value is -1.34. The largest absolute Gasteiger partial charge is 0.352 e. The Morgan fingerprint density at radius 3 is 3.00 bits per heavy atom. The van der Waals surface area contributed by atoms with Crippen molar-refractivity contribution in [3.63, 3.8) is 0 Å². The summed E-state index contributed by atoms with van der Waals surface area (Å²) < 4.78 is 0. The van der Waals surface area contributed by atoms with Crippen LogP contribution in [0.4, 0.5) is 0 Å². The summed E-state index contributed by atoms with van der Waals surface area (Å²) in [5.74, 6) is 0. The number of nitrogens with two attached hydrogens (primary N) is 1. The number of rotatable bonds is 0. The van der Waals surface area contributed by atoms with Gasteiger partial charge in [-0.3, -0.25) is 0 Å². The second kappa shape index (κ2) is 2.12. The molecule has 0 amide bonds. The fraction of sp³-hybridized carbons (Fsp3) is 0.333. The summed E-state index contributed by atoms with van der Waals surface area (Å²) in [5, 5.41) is 11.2. The molecule has 0 radical (unpaired) electrons. The third kappa shape index (κ3) is 0.993. The van der Waals surface area contributed by atoms with Crippen molar-refractivity contribution in [3.8, 4) is 6.07 Å². The van der Waals surface area contributed by atoms with Gasteiger partial charge in [0, 0.05) is 6.20 Å². The van der Waals surface area contributed by atoms with E-state index in [1.165, 1.54) is 6.34 Å². The van der Waals surface area contributed by atoms with Crippen molar-refractivity contribution in [2.75, 3.05) is 0 Å². The minimum atomic E-state index is -0.847. The molecule has 1 unspecified atom stereocenters. The lowest BCUT2D eigenvalue weighted by Crippen LogP contribution is -2.39. The second-order valence-electron chi connectivity index (χ2n) is 2.24. The van der Waals surface area contributed by atoms with Crippen molar-refractivity contribution < 1.29 is 0 Å². The van der Waals surface area contributed by atoms with Crippen molar-refractivity contribution in [3.05, 3.63) is 11.8 Å². The fourth-order valence-corrected chi connectivity index (χ4v) is 0.653. The molecule has 52 valence electrons. The Morgan fingerprint density at radius 1 is 1.90 bits per heavy atom. The van der Waals surface area contributed by atoms with Gasteiger partial charge in [-0.2, -0.15) is 5.26 Å². The molecule has 4 nitrogen and oxygen atoms in total. The fourth-order valence-electron chi connectivity index (χ4n) is 0.653. The van der Waals surface area contributed by atoms with Gasteiger partial charge in [-0.15, -0.1) is 0 Å². The van der Waals surface area contributed by atoms with Crippen LogP contribution in [0.2, 0.25) is 0 Å². The molecule has 1 rings (SSSR count). The maximum atomic E-state index is 8.51. The van der Waals surface area contributed by atoms with E-state index in [-0.39, 0.29) is 0 Å². The predicted molar refractivity (Wildman–Crippen MR) is 37.9 cm³/mol. The van der Waals surface area contributed by atoms with Crippen molar-refractivity contribution in [1.29, 1.82) is 5.26 Å². The average molecular weight is 136 g/mol. The Balaban J connectivity index is 2.93. The van der Waals surface area contributed by atoms with E-state index in [0.29, 0.717) is 5.57 Å². The van der Waals surface area contributed by atoms with Gasteiger partial charge in [0.15, 0.2) is 0 Å². The summed E-state index contributed by atoms with van der Waals surface area (Å²) in [6, 6.07) is 1.95. The van der Waals surface area contributed by atoms with Crippen LogP contribution in [0.5, 0.6) is 0 Å². The molecule has 0 aliphatic carbocycles. The first-order valence-electron chi connectivity index (χ1n) is 2.86. The maximum absolute atomic E-state index is 8.51. The number of nitrogens with one attached hydrogen (secondary N) is 1. The number of hydrogen-bond donors (Lipinski definition) is 2. The summed E-state index contributed by atoms with van der Waals surface area (Å²) in [7, 11) is 0. The van der Waals surface area contributed by atoms with Crippen LogP contribution in [0, 0.1) is 11.3 Å². The molecule has 0 aromatic heterocycles. The highest BCUT2D eigenvalue weighted by Crippen LogP contribution is 2.14. The van der Waals surface area contributed by atoms with E-state index in [4.69, 9.17) is 11.0 Å². The molecule has 0 bridgehead atoms. The quantitative estimate of drug-likeness (QED) is 0.480. The van der Waals surface area contributed by atoms with Gasteiger partial charge in [-0.1, -0.05) is 0 Å². The normalized spacial score (nSPS) is 30.3. The molecule has 0 aromatic rings. The SMILES string of the molecule is CC1(N)N=CNC=C1C#N. The van der Waals surface area contributed by atoms with E-state index in [0.717, 1.165) is 0 Å². The number of hydrogen-bond acceptors (Lipinski definition) is 4. The molecule has 1 atom stereocenters. The van der Waals surface area contributed by atoms with E-state index in [2.05, 4.69) is 10.3 Å². The van der Waals surface area contributed by atoms with Crippen molar-refractivity contribution in [2.24, 2.45) is 10.7 Å². The number of aliphatic imine (C=N–C) groups is 1. The smallest absolute Gasteiger partial charge is 0.143 e. The lowest BCUT2D eigenvalue weighted by molar-refractivity contribution is 0.587. The summed E-state index contributed by atoms with van der Waals surface area (Å²) in [6.07, 6.45) is 3.02. The Kier molecular flexibility index (Phi) is 1.44. The Labute approximate surface area is 59.0 Å². The first kappa shape index (κ1) is 6.78. The third-order valence-corrected chi connectivity index (χ3v) is 1.30. The van der Waals surface area contributed by atoms with E-state index < -0.39 is 5.66 Å². The molecule has 0 spiro atoms. The van der Waals surface area contributed by atoms with Crippen LogP contribution < -0.4 is 11.1 Å². The molecule has 3 N–H and O–H groups in total. The van der Waals surface area contributed by atoms with Crippen LogP contribution in [-0.2, 0) is 0 Å². The van der Waals surface area contributed by atoms with Crippen molar-refractivity contribution in [2.45, 2.75) is 12.6 Å². The zero-order valence-electron chi connectivity index (χ0n) is 5.63. The van der Waals surface area contributed by atoms with Gasteiger partial charge < -0.3 is 11.1 Å². The highest BCUT2D eigenvalue weighted by Gasteiger charge is 2.23. The Bertz CT molecular complexity index is 231. The van der Waals surface area contributed by atoms with Crippen LogP contribution >= 0.6 is 0 Å². The first-order chi connectivity index (χ1) is 4.67. The van der Waals surface area contributed by atoms with Gasteiger partial charge in [-0.25, -0.2) is 4.99 Å². The zero-order chi connectivity index (χ0) is 7.61. The Morgan fingerprint density at radius 2 is 2.60 bits per heavy atom. The summed E-state index contributed by atoms with van der Waals surface area (Å²) >= 11 is 0. The van der Waals surface area contributed by atoms with Gasteiger partial charge >= 0.3 is 0 Å². The van der Waals surface area contributed by atoms with Gasteiger partial charge in [0.25, 0.3) is 0 Å². The van der Waals surface area contributed by atoms with Crippen LogP contribution in [-0.4, -0.2) is 12.0 Å². The lowest BCUT2D eigenvalue weighted by atomic mass is 10.1. The molecule has 1 aliphatic rings. The van der Waals surface area contributed by atoms with E-state index in [1.807, 2.05) is 6.07 Å². The van der Waals surface area contributed by atoms with Crippen LogP contribution in [0.3, 0.4) is 0 Å². The highest BCUT2D eigenvalue weighted by atomic mass is 15.1. The monoisotopic (exact) mass is 136 g/mol. The van der Waals surface area contributed by atoms with Crippen LogP contribution in [0.15, 0.2) is 16.8 Å². The number of nitriles is 1. The summed E-state index contributed by atoms with van der Waals surface area (Å²) in [4.78, 5) is 3.86. The van der Waals surface area contributed by atoms with Gasteiger partial charge in [0.05, 0.1) is 11.9 Å². The van der Waals surface area contributed by atoms with Gasteiger partial charge in [0.1, 0.15) is 11.7 Å². The molecule has 0 fully saturated rings. The molecule has 0 aromatic carbocycles. The average Bonchev–Trinajstić information content (AvgIpc) is 1.87. The topological polar surface area (TPSA) is 74.2 Å². The van der Waals surface area contributed by atoms with Crippen LogP contribution in [0.1, 0.15) is 6.92 Å². The minimum absolute atomic E-state index is 0.440. The molecular formula is C6H8N4. The standard InChI is InChI=1S/C6H8N4/c1-6(8)5(2-7)3-9-4-10-6/h3-4H,8H2,1H3,(H,9,10). The van der Waals surface area contributed by atoms with Crippen molar-refractivity contribution >= 4 is 6.34 Å². The highest BCUT2D eigenvalue weighted by molar-refractivity contribution is 5.61. The molecule has 0 saturated carbocycles. The summed E-state index contributed by atoms with van der Waals surface area (Å²) in [5.41, 5.74) is 5.20. The first-order valence-corrected chi connectivity index (χ1v) is 2.86. The molecular weight excluding hydrogens is 128 g/mol. The maximum Gasteiger partial charge on any atom is 0.143 e. The van der Waals surface area contributed by atoms with Gasteiger partial charge in [0.2, 0.25) is 0 Å². The minimum Gasteiger partial charge on any atom is -0.352 e. The number of nitrogens with zero attached hydrogens (tertiary/aromatic N) is 2. The van der Waals surface area contributed by atoms with Crippen LogP contribution in [0.25, 0.3) is 0 Å². The lowest BCUT2D eigenvalue weighted by Gasteiger charge is -2.20. The third-order valence-electron chi connectivity index (χ3n) is 1.30. The predicted octanol–water partition coefficient (Wildman–Crippen LogP) is -0.300. The van der Waals surface area contributed by atoms with E-state index in [1.54, 1.807) is 13.1 Å². The van der Waals surface area contributed by atoms with Gasteiger partial charge in [-0.05, 0) is 6.92 Å². The molecule has 1 heterocycles. The van der Waals surface area contributed by atoms with E-state index in [9.17, 15) is 0 Å². The zero-order valence-corrected chi connectivity index (χ0v) is 5.63. The second-order valence-corrected chi connectivity index (χ2v) is 2.24. The molecule has 10 heavy (non-hydrogen) atoms. The van der Waals surface area contributed by atoms with Crippen molar-refractivity contribution in [1.82, 2.24) is 5.32 Å².